The van der Waals surface area contributed by atoms with E-state index in [9.17, 15) is 9.90 Å². The third kappa shape index (κ3) is 3.27. The van der Waals surface area contributed by atoms with Crippen LogP contribution in [0.4, 0.5) is 5.82 Å². The molecule has 0 bridgehead atoms. The van der Waals surface area contributed by atoms with E-state index >= 15 is 0 Å². The fourth-order valence-electron chi connectivity index (χ4n) is 2.12. The molecule has 0 aliphatic heterocycles. The normalized spacial score (nSPS) is 11.7. The van der Waals surface area contributed by atoms with Crippen molar-refractivity contribution in [3.8, 4) is 5.75 Å². The summed E-state index contributed by atoms with van der Waals surface area (Å²) in [6.45, 7) is 10.2. The van der Waals surface area contributed by atoms with Crippen LogP contribution in [0.15, 0.2) is 24.4 Å². The van der Waals surface area contributed by atoms with Gasteiger partial charge >= 0.3 is 0 Å². The molecule has 0 saturated heterocycles. The van der Waals surface area contributed by atoms with Crippen LogP contribution in [-0.4, -0.2) is 25.8 Å². The van der Waals surface area contributed by atoms with Crippen molar-refractivity contribution in [3.05, 3.63) is 35.8 Å². The third-order valence-corrected chi connectivity index (χ3v) is 3.21. The first-order chi connectivity index (χ1) is 10.2. The first-order valence-corrected chi connectivity index (χ1v) is 7.26. The van der Waals surface area contributed by atoms with Gasteiger partial charge in [0.05, 0.1) is 5.54 Å². The van der Waals surface area contributed by atoms with E-state index in [1.54, 1.807) is 12.1 Å². The molecule has 1 amide bonds. The number of hydrogen-bond acceptors (Lipinski definition) is 4. The van der Waals surface area contributed by atoms with E-state index in [2.05, 4.69) is 29.2 Å². The Morgan fingerprint density at radius 2 is 2.05 bits per heavy atom. The molecular formula is C16H22N4O2. The van der Waals surface area contributed by atoms with Crippen LogP contribution < -0.4 is 5.32 Å². The molecule has 0 fully saturated rings. The summed E-state index contributed by atoms with van der Waals surface area (Å²) in [5.74, 6) is -0.0884. The Morgan fingerprint density at radius 3 is 2.55 bits per heavy atom. The minimum absolute atomic E-state index is 0.0739. The summed E-state index contributed by atoms with van der Waals surface area (Å²) >= 11 is 0. The lowest BCUT2D eigenvalue weighted by Gasteiger charge is -2.23. The van der Waals surface area contributed by atoms with Crippen LogP contribution in [0.3, 0.4) is 0 Å². The Morgan fingerprint density at radius 1 is 1.36 bits per heavy atom. The van der Waals surface area contributed by atoms with Crippen LogP contribution in [0, 0.1) is 0 Å². The molecule has 6 heteroatoms. The zero-order valence-corrected chi connectivity index (χ0v) is 13.6. The highest BCUT2D eigenvalue weighted by molar-refractivity contribution is 6.03. The highest BCUT2D eigenvalue weighted by atomic mass is 16.3. The van der Waals surface area contributed by atoms with Gasteiger partial charge in [-0.05, 0) is 44.9 Å². The number of aromatic nitrogens is 3. The van der Waals surface area contributed by atoms with Gasteiger partial charge in [0.25, 0.3) is 5.91 Å². The second kappa shape index (κ2) is 5.79. The second-order valence-electron chi connectivity index (χ2n) is 6.52. The number of rotatable bonds is 3. The van der Waals surface area contributed by atoms with Crippen LogP contribution >= 0.6 is 0 Å². The zero-order valence-electron chi connectivity index (χ0n) is 13.6. The predicted octanol–water partition coefficient (Wildman–Crippen LogP) is 3.11. The number of nitrogens with one attached hydrogen (secondary N) is 1. The smallest absolute Gasteiger partial charge is 0.277 e. The summed E-state index contributed by atoms with van der Waals surface area (Å²) < 4.78 is 1.87. The lowest BCUT2D eigenvalue weighted by molar-refractivity contribution is 0.102. The van der Waals surface area contributed by atoms with Gasteiger partial charge in [-0.1, -0.05) is 13.8 Å². The maximum absolute atomic E-state index is 12.3. The van der Waals surface area contributed by atoms with Gasteiger partial charge in [0.2, 0.25) is 0 Å². The molecule has 2 aromatic heterocycles. The minimum Gasteiger partial charge on any atom is -0.504 e. The number of nitrogens with zero attached hydrogens (tertiary/aromatic N) is 3. The number of hydrogen-bond donors (Lipinski definition) is 2. The Labute approximate surface area is 130 Å². The first-order valence-electron chi connectivity index (χ1n) is 7.26. The minimum atomic E-state index is -0.390. The van der Waals surface area contributed by atoms with Crippen molar-refractivity contribution in [1.82, 2.24) is 14.8 Å². The highest BCUT2D eigenvalue weighted by Gasteiger charge is 2.24. The van der Waals surface area contributed by atoms with E-state index < -0.39 is 0 Å². The first kappa shape index (κ1) is 16.0. The molecule has 2 rings (SSSR count). The Kier molecular flexibility index (Phi) is 4.21. The van der Waals surface area contributed by atoms with E-state index in [1.807, 2.05) is 25.5 Å². The average molecular weight is 302 g/mol. The molecule has 2 N–H and O–H groups in total. The van der Waals surface area contributed by atoms with Crippen molar-refractivity contribution in [2.24, 2.45) is 0 Å². The lowest BCUT2D eigenvalue weighted by Crippen LogP contribution is -2.26. The maximum Gasteiger partial charge on any atom is 0.277 e. The molecule has 2 aromatic rings. The molecule has 2 heterocycles. The van der Waals surface area contributed by atoms with Crippen molar-refractivity contribution < 1.29 is 9.90 Å². The summed E-state index contributed by atoms with van der Waals surface area (Å²) in [6, 6.07) is 4.84. The molecule has 6 nitrogen and oxygen atoms in total. The molecule has 0 atom stereocenters. The maximum atomic E-state index is 12.3. The summed E-state index contributed by atoms with van der Waals surface area (Å²) in [4.78, 5) is 16.3. The van der Waals surface area contributed by atoms with E-state index in [1.165, 1.54) is 12.3 Å². The Bertz CT molecular complexity index is 684. The molecular weight excluding hydrogens is 280 g/mol. The van der Waals surface area contributed by atoms with Gasteiger partial charge in [-0.25, -0.2) is 4.98 Å². The summed E-state index contributed by atoms with van der Waals surface area (Å²) in [7, 11) is 0. The van der Waals surface area contributed by atoms with Gasteiger partial charge in [0.15, 0.2) is 17.3 Å². The highest BCUT2D eigenvalue weighted by Crippen LogP contribution is 2.24. The van der Waals surface area contributed by atoms with Crippen molar-refractivity contribution >= 4 is 11.7 Å². The molecule has 0 aliphatic carbocycles. The number of carbonyl (C=O) groups excluding carboxylic acids is 1. The number of pyridine rings is 1. The molecule has 22 heavy (non-hydrogen) atoms. The topological polar surface area (TPSA) is 80.0 Å². The summed E-state index contributed by atoms with van der Waals surface area (Å²) in [5, 5.41) is 16.7. The fourth-order valence-corrected chi connectivity index (χ4v) is 2.12. The number of anilines is 1. The van der Waals surface area contributed by atoms with Gasteiger partial charge < -0.3 is 10.4 Å². The van der Waals surface area contributed by atoms with Crippen molar-refractivity contribution in [2.75, 3.05) is 5.32 Å². The van der Waals surface area contributed by atoms with Crippen molar-refractivity contribution in [1.29, 1.82) is 0 Å². The Hall–Kier alpha value is -2.37. The van der Waals surface area contributed by atoms with E-state index in [4.69, 9.17) is 0 Å². The van der Waals surface area contributed by atoms with Gasteiger partial charge in [0.1, 0.15) is 0 Å². The largest absolute Gasteiger partial charge is 0.504 e. The molecule has 0 aliphatic rings. The van der Waals surface area contributed by atoms with Crippen LogP contribution in [-0.2, 0) is 5.54 Å². The number of amides is 1. The molecule has 118 valence electrons. The molecule has 0 unspecified atom stereocenters. The van der Waals surface area contributed by atoms with E-state index in [0.29, 0.717) is 5.69 Å². The van der Waals surface area contributed by atoms with Gasteiger partial charge in [-0.15, -0.1) is 0 Å². The summed E-state index contributed by atoms with van der Waals surface area (Å²) in [6.07, 6.45) is 1.50. The number of carbonyl (C=O) groups is 1. The van der Waals surface area contributed by atoms with Crippen LogP contribution in [0.25, 0.3) is 0 Å². The van der Waals surface area contributed by atoms with Crippen LogP contribution in [0.5, 0.6) is 5.75 Å². The third-order valence-electron chi connectivity index (χ3n) is 3.21. The Balaban J connectivity index is 2.33. The predicted molar refractivity (Wildman–Crippen MR) is 85.2 cm³/mol. The fraction of sp³-hybridized carbons (Fsp3) is 0.438. The van der Waals surface area contributed by atoms with Crippen molar-refractivity contribution in [2.45, 2.75) is 46.1 Å². The molecule has 0 radical (unpaired) electrons. The van der Waals surface area contributed by atoms with Gasteiger partial charge in [0, 0.05) is 11.9 Å². The molecule has 0 spiro atoms. The monoisotopic (exact) mass is 302 g/mol. The summed E-state index contributed by atoms with van der Waals surface area (Å²) in [5.41, 5.74) is 1.08. The lowest BCUT2D eigenvalue weighted by atomic mass is 10.1. The quantitative estimate of drug-likeness (QED) is 0.913. The van der Waals surface area contributed by atoms with Gasteiger partial charge in [-0.3, -0.25) is 9.48 Å². The molecule has 0 aromatic carbocycles. The SMILES string of the molecule is CC(C)c1cc(C(=O)Nc2ncccc2O)nn1C(C)(C)C. The zero-order chi connectivity index (χ0) is 16.5. The average Bonchev–Trinajstić information content (AvgIpc) is 2.86. The van der Waals surface area contributed by atoms with Gasteiger partial charge in [-0.2, -0.15) is 5.10 Å². The second-order valence-corrected chi connectivity index (χ2v) is 6.52. The van der Waals surface area contributed by atoms with Crippen molar-refractivity contribution in [3.63, 3.8) is 0 Å². The van der Waals surface area contributed by atoms with E-state index in [0.717, 1.165) is 5.69 Å². The number of aromatic hydroxyl groups is 1. The van der Waals surface area contributed by atoms with E-state index in [-0.39, 0.29) is 28.9 Å². The van der Waals surface area contributed by atoms with Crippen LogP contribution in [0.1, 0.15) is 56.7 Å². The standard InChI is InChI=1S/C16H22N4O2/c1-10(2)12-9-11(19-20(12)16(3,4)5)15(22)18-14-13(21)7-6-8-17-14/h6-10,21H,1-5H3,(H,17,18,22). The van der Waals surface area contributed by atoms with Crippen LogP contribution in [0.2, 0.25) is 0 Å². The molecule has 0 saturated carbocycles.